The van der Waals surface area contributed by atoms with E-state index in [0.29, 0.717) is 17.1 Å². The van der Waals surface area contributed by atoms with Crippen LogP contribution in [0.1, 0.15) is 40.0 Å². The first kappa shape index (κ1) is 15.3. The van der Waals surface area contributed by atoms with Gasteiger partial charge in [0.1, 0.15) is 0 Å². The topological polar surface area (TPSA) is 44.9 Å². The summed E-state index contributed by atoms with van der Waals surface area (Å²) in [5.41, 5.74) is 5.65. The van der Waals surface area contributed by atoms with E-state index in [4.69, 9.17) is 11.6 Å². The van der Waals surface area contributed by atoms with Crippen LogP contribution in [0, 0.1) is 0 Å². The average molecular weight is 339 g/mol. The van der Waals surface area contributed by atoms with Gasteiger partial charge in [-0.2, -0.15) is 0 Å². The van der Waals surface area contributed by atoms with Crippen LogP contribution in [-0.4, -0.2) is 10.9 Å². The second kappa shape index (κ2) is 6.33. The first-order valence-electron chi connectivity index (χ1n) is 8.37. The highest BCUT2D eigenvalue weighted by molar-refractivity contribution is 6.33. The van der Waals surface area contributed by atoms with Crippen LogP contribution in [0.4, 0.5) is 0 Å². The molecule has 0 saturated heterocycles. The number of fused-ring (bicyclic) bond motifs is 3. The summed E-state index contributed by atoms with van der Waals surface area (Å²) in [5.74, 6) is -0.142. The number of amides is 1. The first-order valence-corrected chi connectivity index (χ1v) is 8.75. The predicted octanol–water partition coefficient (Wildman–Crippen LogP) is 4.63. The van der Waals surface area contributed by atoms with Gasteiger partial charge >= 0.3 is 0 Å². The van der Waals surface area contributed by atoms with Crippen LogP contribution in [0.25, 0.3) is 10.9 Å². The smallest absolute Gasteiger partial charge is 0.253 e. The van der Waals surface area contributed by atoms with Gasteiger partial charge in [0.25, 0.3) is 5.91 Å². The SMILES string of the molecule is O=C(NCc1ccc2[nH]c3c(c2c1)CCCC3)c1ccccc1Cl. The molecule has 0 unspecified atom stereocenters. The van der Waals surface area contributed by atoms with Gasteiger partial charge in [0.15, 0.2) is 0 Å². The molecular weight excluding hydrogens is 320 g/mol. The number of rotatable bonds is 3. The molecule has 1 aromatic heterocycles. The van der Waals surface area contributed by atoms with E-state index in [1.54, 1.807) is 12.1 Å². The lowest BCUT2D eigenvalue weighted by Gasteiger charge is -2.11. The van der Waals surface area contributed by atoms with Gasteiger partial charge < -0.3 is 10.3 Å². The van der Waals surface area contributed by atoms with Crippen molar-refractivity contribution in [2.45, 2.75) is 32.2 Å². The largest absolute Gasteiger partial charge is 0.358 e. The van der Waals surface area contributed by atoms with Gasteiger partial charge in [-0.15, -0.1) is 0 Å². The van der Waals surface area contributed by atoms with Crippen LogP contribution in [0.15, 0.2) is 42.5 Å². The summed E-state index contributed by atoms with van der Waals surface area (Å²) in [6.45, 7) is 0.500. The fraction of sp³-hybridized carbons (Fsp3) is 0.250. The molecule has 2 aromatic carbocycles. The molecule has 2 N–H and O–H groups in total. The Bertz CT molecular complexity index is 913. The third-order valence-corrected chi connectivity index (χ3v) is 5.06. The molecule has 0 saturated carbocycles. The van der Waals surface area contributed by atoms with Crippen LogP contribution in [0.3, 0.4) is 0 Å². The third-order valence-electron chi connectivity index (χ3n) is 4.73. The monoisotopic (exact) mass is 338 g/mol. The number of benzene rings is 2. The molecule has 1 aliphatic carbocycles. The Hall–Kier alpha value is -2.26. The van der Waals surface area contributed by atoms with Gasteiger partial charge in [-0.05, 0) is 61.1 Å². The van der Waals surface area contributed by atoms with Crippen LogP contribution in [0.2, 0.25) is 5.02 Å². The van der Waals surface area contributed by atoms with Crippen molar-refractivity contribution >= 4 is 28.4 Å². The van der Waals surface area contributed by atoms with Crippen LogP contribution >= 0.6 is 11.6 Å². The molecule has 0 radical (unpaired) electrons. The molecule has 3 aromatic rings. The zero-order valence-electron chi connectivity index (χ0n) is 13.4. The lowest BCUT2D eigenvalue weighted by molar-refractivity contribution is 0.0951. The lowest BCUT2D eigenvalue weighted by atomic mass is 9.95. The molecule has 0 atom stereocenters. The van der Waals surface area contributed by atoms with Gasteiger partial charge in [-0.3, -0.25) is 4.79 Å². The van der Waals surface area contributed by atoms with Crippen molar-refractivity contribution in [3.05, 3.63) is 69.9 Å². The van der Waals surface area contributed by atoms with Gasteiger partial charge in [-0.1, -0.05) is 29.8 Å². The normalized spacial score (nSPS) is 13.7. The Balaban J connectivity index is 1.55. The van der Waals surface area contributed by atoms with Crippen molar-refractivity contribution in [3.63, 3.8) is 0 Å². The van der Waals surface area contributed by atoms with Gasteiger partial charge in [0.2, 0.25) is 0 Å². The number of nitrogens with one attached hydrogen (secondary N) is 2. The summed E-state index contributed by atoms with van der Waals surface area (Å²) in [6.07, 6.45) is 4.81. The van der Waals surface area contributed by atoms with E-state index in [9.17, 15) is 4.79 Å². The van der Waals surface area contributed by atoms with Crippen molar-refractivity contribution in [3.8, 4) is 0 Å². The van der Waals surface area contributed by atoms with Crippen molar-refractivity contribution in [1.82, 2.24) is 10.3 Å². The maximum absolute atomic E-state index is 12.3. The zero-order chi connectivity index (χ0) is 16.5. The highest BCUT2D eigenvalue weighted by atomic mass is 35.5. The number of aromatic amines is 1. The molecule has 122 valence electrons. The summed E-state index contributed by atoms with van der Waals surface area (Å²) in [4.78, 5) is 15.8. The molecule has 0 aliphatic heterocycles. The molecule has 1 aliphatic rings. The van der Waals surface area contributed by atoms with Gasteiger partial charge in [-0.25, -0.2) is 0 Å². The fourth-order valence-corrected chi connectivity index (χ4v) is 3.71. The molecule has 0 spiro atoms. The van der Waals surface area contributed by atoms with Crippen molar-refractivity contribution < 1.29 is 4.79 Å². The highest BCUT2D eigenvalue weighted by Gasteiger charge is 2.15. The van der Waals surface area contributed by atoms with E-state index in [1.807, 2.05) is 12.1 Å². The predicted molar refractivity (Wildman–Crippen MR) is 97.6 cm³/mol. The van der Waals surface area contributed by atoms with E-state index >= 15 is 0 Å². The van der Waals surface area contributed by atoms with E-state index in [1.165, 1.54) is 35.0 Å². The maximum Gasteiger partial charge on any atom is 0.253 e. The fourth-order valence-electron chi connectivity index (χ4n) is 3.49. The minimum Gasteiger partial charge on any atom is -0.358 e. The molecule has 4 heteroatoms. The first-order chi connectivity index (χ1) is 11.7. The van der Waals surface area contributed by atoms with Crippen LogP contribution in [-0.2, 0) is 19.4 Å². The third kappa shape index (κ3) is 2.80. The molecule has 24 heavy (non-hydrogen) atoms. The van der Waals surface area contributed by atoms with E-state index < -0.39 is 0 Å². The Kier molecular flexibility index (Phi) is 4.03. The number of H-pyrrole nitrogens is 1. The zero-order valence-corrected chi connectivity index (χ0v) is 14.1. The molecule has 0 fully saturated rings. The van der Waals surface area contributed by atoms with Crippen LogP contribution < -0.4 is 5.32 Å². The van der Waals surface area contributed by atoms with Gasteiger partial charge in [0, 0.05) is 23.1 Å². The highest BCUT2D eigenvalue weighted by Crippen LogP contribution is 2.29. The van der Waals surface area contributed by atoms with Crippen LogP contribution in [0.5, 0.6) is 0 Å². The number of hydrogen-bond acceptors (Lipinski definition) is 1. The van der Waals surface area contributed by atoms with Crippen molar-refractivity contribution in [1.29, 1.82) is 0 Å². The average Bonchev–Trinajstić information content (AvgIpc) is 2.98. The van der Waals surface area contributed by atoms with Crippen molar-refractivity contribution in [2.75, 3.05) is 0 Å². The standard InChI is InChI=1S/C20H19ClN2O/c21-17-7-3-1-6-15(17)20(24)22-12-13-9-10-19-16(11-13)14-5-2-4-8-18(14)23-19/h1,3,6-7,9-11,23H,2,4-5,8,12H2,(H,22,24). The summed E-state index contributed by atoms with van der Waals surface area (Å²) < 4.78 is 0. The minimum absolute atomic E-state index is 0.142. The number of halogens is 1. The Morgan fingerprint density at radius 1 is 1.12 bits per heavy atom. The second-order valence-electron chi connectivity index (χ2n) is 6.33. The second-order valence-corrected chi connectivity index (χ2v) is 6.74. The number of carbonyl (C=O) groups is 1. The number of aryl methyl sites for hydroxylation is 2. The van der Waals surface area contributed by atoms with Crippen molar-refractivity contribution in [2.24, 2.45) is 0 Å². The minimum atomic E-state index is -0.142. The summed E-state index contributed by atoms with van der Waals surface area (Å²) in [7, 11) is 0. The summed E-state index contributed by atoms with van der Waals surface area (Å²) >= 11 is 6.08. The Labute approximate surface area is 146 Å². The lowest BCUT2D eigenvalue weighted by Crippen LogP contribution is -2.23. The van der Waals surface area contributed by atoms with E-state index in [0.717, 1.165) is 18.4 Å². The molecule has 1 heterocycles. The molecular formula is C20H19ClN2O. The number of hydrogen-bond donors (Lipinski definition) is 2. The maximum atomic E-state index is 12.3. The molecule has 1 amide bonds. The molecule has 3 nitrogen and oxygen atoms in total. The molecule has 0 bridgehead atoms. The van der Waals surface area contributed by atoms with E-state index in [2.05, 4.69) is 28.5 Å². The Morgan fingerprint density at radius 3 is 2.83 bits per heavy atom. The molecule has 4 rings (SSSR count). The number of aromatic nitrogens is 1. The van der Waals surface area contributed by atoms with Gasteiger partial charge in [0.05, 0.1) is 10.6 Å². The van der Waals surface area contributed by atoms with E-state index in [-0.39, 0.29) is 5.91 Å². The summed E-state index contributed by atoms with van der Waals surface area (Å²) in [5, 5.41) is 4.74. The Morgan fingerprint density at radius 2 is 1.96 bits per heavy atom. The summed E-state index contributed by atoms with van der Waals surface area (Å²) in [6, 6.07) is 13.5. The number of carbonyl (C=O) groups excluding carboxylic acids is 1. The quantitative estimate of drug-likeness (QED) is 0.718.